The molecule has 0 spiro atoms. The molecule has 0 aromatic carbocycles. The highest BCUT2D eigenvalue weighted by Crippen LogP contribution is 2.42. The summed E-state index contributed by atoms with van der Waals surface area (Å²) in [5.41, 5.74) is 6.88. The molecule has 1 aromatic heterocycles. The molecule has 2 heterocycles. The summed E-state index contributed by atoms with van der Waals surface area (Å²) in [6.07, 6.45) is 2.60. The Balaban J connectivity index is 2.25. The van der Waals surface area contributed by atoms with Gasteiger partial charge in [-0.2, -0.15) is 11.8 Å². The summed E-state index contributed by atoms with van der Waals surface area (Å²) in [5.74, 6) is 1.28. The van der Waals surface area contributed by atoms with Crippen molar-refractivity contribution in [2.75, 3.05) is 11.5 Å². The first-order valence-electron chi connectivity index (χ1n) is 4.12. The maximum atomic E-state index is 5.65. The SMILES string of the molecule is Cc1sc(N)nc1C1CCCS1. The van der Waals surface area contributed by atoms with Crippen LogP contribution in [0.3, 0.4) is 0 Å². The molecule has 0 aliphatic carbocycles. The monoisotopic (exact) mass is 200 g/mol. The fraction of sp³-hybridized carbons (Fsp3) is 0.625. The highest BCUT2D eigenvalue weighted by Gasteiger charge is 2.22. The largest absolute Gasteiger partial charge is 0.375 e. The van der Waals surface area contributed by atoms with Crippen molar-refractivity contribution in [3.05, 3.63) is 10.6 Å². The van der Waals surface area contributed by atoms with E-state index in [1.165, 1.54) is 29.2 Å². The maximum absolute atomic E-state index is 5.65. The van der Waals surface area contributed by atoms with E-state index in [1.807, 2.05) is 11.8 Å². The second-order valence-electron chi connectivity index (χ2n) is 3.00. The lowest BCUT2D eigenvalue weighted by molar-refractivity contribution is 0.809. The van der Waals surface area contributed by atoms with Gasteiger partial charge in [0.1, 0.15) is 0 Å². The summed E-state index contributed by atoms with van der Waals surface area (Å²) in [4.78, 5) is 5.67. The minimum atomic E-state index is 0.624. The Morgan fingerprint density at radius 1 is 1.58 bits per heavy atom. The molecule has 1 atom stereocenters. The molecule has 1 saturated heterocycles. The van der Waals surface area contributed by atoms with E-state index in [0.717, 1.165) is 5.13 Å². The third kappa shape index (κ3) is 1.45. The molecule has 0 amide bonds. The number of nitrogens with zero attached hydrogens (tertiary/aromatic N) is 1. The van der Waals surface area contributed by atoms with Gasteiger partial charge in [0, 0.05) is 10.1 Å². The molecule has 0 bridgehead atoms. The molecule has 4 heteroatoms. The summed E-state index contributed by atoms with van der Waals surface area (Å²) in [6.45, 7) is 2.11. The number of aromatic nitrogens is 1. The van der Waals surface area contributed by atoms with Gasteiger partial charge in [0.2, 0.25) is 0 Å². The Hall–Kier alpha value is -0.220. The van der Waals surface area contributed by atoms with Gasteiger partial charge in [-0.15, -0.1) is 11.3 Å². The summed E-state index contributed by atoms with van der Waals surface area (Å²) in [5, 5.41) is 1.34. The molecule has 0 saturated carbocycles. The summed E-state index contributed by atoms with van der Waals surface area (Å²) < 4.78 is 0. The van der Waals surface area contributed by atoms with Crippen LogP contribution in [0.1, 0.15) is 28.7 Å². The van der Waals surface area contributed by atoms with Crippen molar-refractivity contribution in [1.82, 2.24) is 4.98 Å². The predicted octanol–water partition coefficient (Wildman–Crippen LogP) is 2.60. The van der Waals surface area contributed by atoms with Crippen LogP contribution in [0, 0.1) is 6.92 Å². The summed E-state index contributed by atoms with van der Waals surface area (Å²) in [7, 11) is 0. The Labute approximate surface area is 80.6 Å². The van der Waals surface area contributed by atoms with Crippen LogP contribution < -0.4 is 5.73 Å². The Morgan fingerprint density at radius 3 is 2.92 bits per heavy atom. The Morgan fingerprint density at radius 2 is 2.42 bits per heavy atom. The number of anilines is 1. The average Bonchev–Trinajstić information content (AvgIpc) is 2.58. The Bertz CT molecular complexity index is 277. The van der Waals surface area contributed by atoms with Crippen LogP contribution in [0.25, 0.3) is 0 Å². The van der Waals surface area contributed by atoms with Crippen molar-refractivity contribution in [3.63, 3.8) is 0 Å². The quantitative estimate of drug-likeness (QED) is 0.757. The summed E-state index contributed by atoms with van der Waals surface area (Å²) in [6, 6.07) is 0. The topological polar surface area (TPSA) is 38.9 Å². The number of nitrogens with two attached hydrogens (primary N) is 1. The molecule has 1 aliphatic rings. The van der Waals surface area contributed by atoms with Gasteiger partial charge in [-0.1, -0.05) is 0 Å². The number of hydrogen-bond acceptors (Lipinski definition) is 4. The lowest BCUT2D eigenvalue weighted by Gasteiger charge is -2.04. The average molecular weight is 200 g/mol. The van der Waals surface area contributed by atoms with Crippen molar-refractivity contribution < 1.29 is 0 Å². The number of thioether (sulfide) groups is 1. The molecule has 2 rings (SSSR count). The van der Waals surface area contributed by atoms with Gasteiger partial charge in [-0.25, -0.2) is 4.98 Å². The van der Waals surface area contributed by atoms with Gasteiger partial charge in [0.05, 0.1) is 5.69 Å². The van der Waals surface area contributed by atoms with Gasteiger partial charge < -0.3 is 5.73 Å². The van der Waals surface area contributed by atoms with E-state index >= 15 is 0 Å². The van der Waals surface area contributed by atoms with Crippen molar-refractivity contribution in [3.8, 4) is 0 Å². The highest BCUT2D eigenvalue weighted by atomic mass is 32.2. The second kappa shape index (κ2) is 3.26. The predicted molar refractivity (Wildman–Crippen MR) is 55.7 cm³/mol. The first kappa shape index (κ1) is 8.38. The molecule has 1 aromatic rings. The lowest BCUT2D eigenvalue weighted by Crippen LogP contribution is -1.92. The zero-order chi connectivity index (χ0) is 8.55. The molecule has 0 radical (unpaired) electrons. The van der Waals surface area contributed by atoms with Crippen LogP contribution in [0.2, 0.25) is 0 Å². The zero-order valence-corrected chi connectivity index (χ0v) is 8.67. The van der Waals surface area contributed by atoms with Crippen molar-refractivity contribution in [2.45, 2.75) is 25.0 Å². The normalized spacial score (nSPS) is 23.2. The number of aryl methyl sites for hydroxylation is 1. The van der Waals surface area contributed by atoms with Crippen LogP contribution >= 0.6 is 23.1 Å². The van der Waals surface area contributed by atoms with E-state index in [0.29, 0.717) is 5.25 Å². The third-order valence-corrected chi connectivity index (χ3v) is 4.29. The minimum Gasteiger partial charge on any atom is -0.375 e. The second-order valence-corrected chi connectivity index (χ2v) is 5.54. The van der Waals surface area contributed by atoms with Crippen LogP contribution in [0.5, 0.6) is 0 Å². The van der Waals surface area contributed by atoms with E-state index in [2.05, 4.69) is 11.9 Å². The zero-order valence-electron chi connectivity index (χ0n) is 7.04. The maximum Gasteiger partial charge on any atom is 0.180 e. The van der Waals surface area contributed by atoms with Gasteiger partial charge in [0.25, 0.3) is 0 Å². The van der Waals surface area contributed by atoms with Gasteiger partial charge in [0.15, 0.2) is 5.13 Å². The van der Waals surface area contributed by atoms with Gasteiger partial charge >= 0.3 is 0 Å². The molecule has 66 valence electrons. The first-order chi connectivity index (χ1) is 5.77. The highest BCUT2D eigenvalue weighted by molar-refractivity contribution is 7.99. The van der Waals surface area contributed by atoms with E-state index in [4.69, 9.17) is 5.73 Å². The molecular formula is C8H12N2S2. The minimum absolute atomic E-state index is 0.624. The number of rotatable bonds is 1. The molecule has 12 heavy (non-hydrogen) atoms. The molecule has 1 unspecified atom stereocenters. The standard InChI is InChI=1S/C8H12N2S2/c1-5-7(10-8(9)12-5)6-3-2-4-11-6/h6H,2-4H2,1H3,(H2,9,10). The number of hydrogen-bond donors (Lipinski definition) is 1. The van der Waals surface area contributed by atoms with Crippen molar-refractivity contribution in [1.29, 1.82) is 0 Å². The lowest BCUT2D eigenvalue weighted by atomic mass is 10.2. The number of nitrogen functional groups attached to an aromatic ring is 1. The van der Waals surface area contributed by atoms with Crippen molar-refractivity contribution >= 4 is 28.2 Å². The first-order valence-corrected chi connectivity index (χ1v) is 5.98. The van der Waals surface area contributed by atoms with Crippen LogP contribution in [0.4, 0.5) is 5.13 Å². The molecule has 2 nitrogen and oxygen atoms in total. The molecule has 2 N–H and O–H groups in total. The van der Waals surface area contributed by atoms with Gasteiger partial charge in [-0.05, 0) is 25.5 Å². The number of thiazole rings is 1. The fourth-order valence-electron chi connectivity index (χ4n) is 1.52. The van der Waals surface area contributed by atoms with Gasteiger partial charge in [-0.3, -0.25) is 0 Å². The smallest absolute Gasteiger partial charge is 0.180 e. The summed E-state index contributed by atoms with van der Waals surface area (Å²) >= 11 is 3.62. The third-order valence-electron chi connectivity index (χ3n) is 2.08. The van der Waals surface area contributed by atoms with E-state index in [-0.39, 0.29) is 0 Å². The van der Waals surface area contributed by atoms with E-state index in [1.54, 1.807) is 11.3 Å². The van der Waals surface area contributed by atoms with Crippen LogP contribution in [-0.2, 0) is 0 Å². The van der Waals surface area contributed by atoms with E-state index in [9.17, 15) is 0 Å². The molecule has 1 fully saturated rings. The fourth-order valence-corrected chi connectivity index (χ4v) is 3.68. The van der Waals surface area contributed by atoms with Crippen LogP contribution in [-0.4, -0.2) is 10.7 Å². The molecule has 1 aliphatic heterocycles. The Kier molecular flexibility index (Phi) is 2.28. The van der Waals surface area contributed by atoms with E-state index < -0.39 is 0 Å². The molecular weight excluding hydrogens is 188 g/mol. The van der Waals surface area contributed by atoms with Crippen LogP contribution in [0.15, 0.2) is 0 Å². The van der Waals surface area contributed by atoms with Crippen molar-refractivity contribution in [2.24, 2.45) is 0 Å².